The van der Waals surface area contributed by atoms with Crippen molar-refractivity contribution in [1.29, 1.82) is 0 Å². The summed E-state index contributed by atoms with van der Waals surface area (Å²) in [6, 6.07) is 8.80. The summed E-state index contributed by atoms with van der Waals surface area (Å²) in [5.41, 5.74) is 0.364. The largest absolute Gasteiger partial charge is 0.494 e. The molecule has 21 heavy (non-hydrogen) atoms. The second-order valence-corrected chi connectivity index (χ2v) is 6.39. The zero-order chi connectivity index (χ0) is 15.3. The molecule has 0 atom stereocenters. The molecule has 0 spiro atoms. The lowest BCUT2D eigenvalue weighted by atomic mass is 9.79. The van der Waals surface area contributed by atoms with Crippen LogP contribution in [0.3, 0.4) is 0 Å². The first kappa shape index (κ1) is 14.4. The third-order valence-electron chi connectivity index (χ3n) is 4.38. The van der Waals surface area contributed by atoms with E-state index in [2.05, 4.69) is 0 Å². The lowest BCUT2D eigenvalue weighted by Gasteiger charge is -2.32. The van der Waals surface area contributed by atoms with Crippen LogP contribution in [0, 0.1) is 5.82 Å². The van der Waals surface area contributed by atoms with Crippen molar-refractivity contribution in [2.75, 3.05) is 0 Å². The van der Waals surface area contributed by atoms with Gasteiger partial charge in [0, 0.05) is 12.4 Å². The molecule has 0 saturated carbocycles. The van der Waals surface area contributed by atoms with Crippen LogP contribution in [0.2, 0.25) is 0 Å². The first-order chi connectivity index (χ1) is 9.80. The summed E-state index contributed by atoms with van der Waals surface area (Å²) in [6.45, 7) is 7.93. The van der Waals surface area contributed by atoms with Gasteiger partial charge in [-0.15, -0.1) is 0 Å². The van der Waals surface area contributed by atoms with Gasteiger partial charge in [0.2, 0.25) is 0 Å². The van der Waals surface area contributed by atoms with E-state index in [1.54, 1.807) is 10.6 Å². The smallest absolute Gasteiger partial charge is 0.399 e. The minimum absolute atomic E-state index is 0.293. The van der Waals surface area contributed by atoms with Crippen LogP contribution in [-0.2, 0) is 9.31 Å². The maximum atomic E-state index is 14.3. The summed E-state index contributed by atoms with van der Waals surface area (Å²) in [7, 11) is -0.539. The van der Waals surface area contributed by atoms with E-state index < -0.39 is 18.3 Å². The average Bonchev–Trinajstić information content (AvgIpc) is 2.96. The minimum atomic E-state index is -0.539. The van der Waals surface area contributed by atoms with Gasteiger partial charge in [-0.1, -0.05) is 6.07 Å². The quantitative estimate of drug-likeness (QED) is 0.793. The van der Waals surface area contributed by atoms with E-state index in [1.807, 2.05) is 58.3 Å². The van der Waals surface area contributed by atoms with E-state index >= 15 is 0 Å². The van der Waals surface area contributed by atoms with Crippen LogP contribution in [0.1, 0.15) is 27.7 Å². The summed E-state index contributed by atoms with van der Waals surface area (Å²) < 4.78 is 27.9. The Hall–Kier alpha value is -1.59. The molecule has 0 unspecified atom stereocenters. The Bertz CT molecular complexity index is 636. The molecule has 1 aliphatic rings. The number of hydrogen-bond donors (Lipinski definition) is 0. The monoisotopic (exact) mass is 287 g/mol. The molecular weight excluding hydrogens is 268 g/mol. The number of hydrogen-bond acceptors (Lipinski definition) is 2. The van der Waals surface area contributed by atoms with Gasteiger partial charge in [-0.2, -0.15) is 0 Å². The van der Waals surface area contributed by atoms with Crippen LogP contribution in [0.4, 0.5) is 4.39 Å². The molecule has 0 aliphatic carbocycles. The molecule has 1 fully saturated rings. The Kier molecular flexibility index (Phi) is 3.22. The Morgan fingerprint density at radius 2 is 1.57 bits per heavy atom. The van der Waals surface area contributed by atoms with Crippen molar-refractivity contribution in [3.8, 4) is 5.69 Å². The number of benzene rings is 1. The van der Waals surface area contributed by atoms with Crippen molar-refractivity contribution in [3.63, 3.8) is 0 Å². The molecule has 0 amide bonds. The van der Waals surface area contributed by atoms with Crippen LogP contribution in [0.15, 0.2) is 42.7 Å². The second kappa shape index (κ2) is 4.72. The van der Waals surface area contributed by atoms with Crippen molar-refractivity contribution in [1.82, 2.24) is 4.57 Å². The topological polar surface area (TPSA) is 23.4 Å². The molecule has 2 aromatic rings. The van der Waals surface area contributed by atoms with E-state index in [1.165, 1.54) is 6.07 Å². The molecule has 1 aromatic heterocycles. The molecule has 3 rings (SSSR count). The summed E-state index contributed by atoms with van der Waals surface area (Å²) in [6.07, 6.45) is 3.62. The molecule has 0 N–H and O–H groups in total. The molecule has 110 valence electrons. The van der Waals surface area contributed by atoms with Gasteiger partial charge in [-0.25, -0.2) is 4.39 Å². The Morgan fingerprint density at radius 3 is 2.10 bits per heavy atom. The maximum Gasteiger partial charge on any atom is 0.494 e. The van der Waals surface area contributed by atoms with Gasteiger partial charge in [-0.3, -0.25) is 0 Å². The van der Waals surface area contributed by atoms with Crippen molar-refractivity contribution >= 4 is 12.6 Å². The van der Waals surface area contributed by atoms with E-state index in [-0.39, 0.29) is 5.82 Å². The van der Waals surface area contributed by atoms with Crippen molar-refractivity contribution in [2.45, 2.75) is 38.9 Å². The van der Waals surface area contributed by atoms with Gasteiger partial charge in [0.25, 0.3) is 0 Å². The van der Waals surface area contributed by atoms with Gasteiger partial charge in [0.15, 0.2) is 0 Å². The maximum absolute atomic E-state index is 14.3. The summed E-state index contributed by atoms with van der Waals surface area (Å²) >= 11 is 0. The molecule has 0 radical (unpaired) electrons. The van der Waals surface area contributed by atoms with Crippen LogP contribution in [-0.4, -0.2) is 22.9 Å². The Labute approximate surface area is 124 Å². The summed E-state index contributed by atoms with van der Waals surface area (Å²) in [5.74, 6) is -0.293. The standard InChI is InChI=1S/C16H19BFNO2/c1-15(2)16(3,4)21-17(20-15)12-7-8-14(13(18)11-12)19-9-5-6-10-19/h5-11H,1-4H3. The van der Waals surface area contributed by atoms with Crippen molar-refractivity contribution in [2.24, 2.45) is 0 Å². The summed E-state index contributed by atoms with van der Waals surface area (Å²) in [4.78, 5) is 0. The number of aromatic nitrogens is 1. The fraction of sp³-hybridized carbons (Fsp3) is 0.375. The van der Waals surface area contributed by atoms with Crippen LogP contribution >= 0.6 is 0 Å². The highest BCUT2D eigenvalue weighted by molar-refractivity contribution is 6.62. The highest BCUT2D eigenvalue weighted by Crippen LogP contribution is 2.36. The summed E-state index contributed by atoms with van der Waals surface area (Å²) in [5, 5.41) is 0. The molecule has 3 nitrogen and oxygen atoms in total. The lowest BCUT2D eigenvalue weighted by Crippen LogP contribution is -2.41. The SMILES string of the molecule is CC1(C)OB(c2ccc(-n3cccc3)c(F)c2)OC1(C)C. The second-order valence-electron chi connectivity index (χ2n) is 6.39. The lowest BCUT2D eigenvalue weighted by molar-refractivity contribution is 0.00578. The van der Waals surface area contributed by atoms with Crippen LogP contribution < -0.4 is 5.46 Å². The number of nitrogens with zero attached hydrogens (tertiary/aromatic N) is 1. The molecule has 0 bridgehead atoms. The third-order valence-corrected chi connectivity index (χ3v) is 4.38. The van der Waals surface area contributed by atoms with Crippen LogP contribution in [0.5, 0.6) is 0 Å². The van der Waals surface area contributed by atoms with E-state index in [0.29, 0.717) is 11.2 Å². The normalized spacial score (nSPS) is 20.0. The highest BCUT2D eigenvalue weighted by atomic mass is 19.1. The average molecular weight is 287 g/mol. The van der Waals surface area contributed by atoms with Gasteiger partial charge in [-0.05, 0) is 57.4 Å². The zero-order valence-corrected chi connectivity index (χ0v) is 12.8. The van der Waals surface area contributed by atoms with E-state index in [9.17, 15) is 4.39 Å². The number of rotatable bonds is 2. The molecule has 1 saturated heterocycles. The predicted molar refractivity (Wildman–Crippen MR) is 81.4 cm³/mol. The van der Waals surface area contributed by atoms with Gasteiger partial charge >= 0.3 is 7.12 Å². The van der Waals surface area contributed by atoms with Gasteiger partial charge in [0.1, 0.15) is 5.82 Å². The fourth-order valence-electron chi connectivity index (χ4n) is 2.35. The van der Waals surface area contributed by atoms with Crippen molar-refractivity contribution in [3.05, 3.63) is 48.5 Å². The fourth-order valence-corrected chi connectivity index (χ4v) is 2.35. The first-order valence-electron chi connectivity index (χ1n) is 7.09. The molecule has 5 heteroatoms. The van der Waals surface area contributed by atoms with Gasteiger partial charge < -0.3 is 13.9 Å². The minimum Gasteiger partial charge on any atom is -0.399 e. The molecular formula is C16H19BFNO2. The predicted octanol–water partition coefficient (Wildman–Crippen LogP) is 2.92. The van der Waals surface area contributed by atoms with E-state index in [4.69, 9.17) is 9.31 Å². The number of halogens is 1. The Morgan fingerprint density at radius 1 is 1.00 bits per heavy atom. The zero-order valence-electron chi connectivity index (χ0n) is 12.8. The first-order valence-corrected chi connectivity index (χ1v) is 7.09. The Balaban J connectivity index is 1.90. The molecule has 1 aliphatic heterocycles. The molecule has 1 aromatic carbocycles. The van der Waals surface area contributed by atoms with Crippen molar-refractivity contribution < 1.29 is 13.7 Å². The third kappa shape index (κ3) is 2.41. The van der Waals surface area contributed by atoms with Crippen LogP contribution in [0.25, 0.3) is 5.69 Å². The molecule has 2 heterocycles. The highest BCUT2D eigenvalue weighted by Gasteiger charge is 2.51. The van der Waals surface area contributed by atoms with E-state index in [0.717, 1.165) is 0 Å². The van der Waals surface area contributed by atoms with Gasteiger partial charge in [0.05, 0.1) is 16.9 Å².